The fraction of sp³-hybridized carbons (Fsp3) is 0.571. The molecule has 5 heteroatoms. The van der Waals surface area contributed by atoms with E-state index >= 15 is 0 Å². The second-order valence-electron chi connectivity index (χ2n) is 5.01. The zero-order valence-corrected chi connectivity index (χ0v) is 11.2. The number of hydrogen-bond acceptors (Lipinski definition) is 5. The Bertz CT molecular complexity index is 507. The molecule has 5 nitrogen and oxygen atoms in total. The van der Waals surface area contributed by atoms with Crippen molar-refractivity contribution >= 4 is 0 Å². The summed E-state index contributed by atoms with van der Waals surface area (Å²) in [7, 11) is 0. The fourth-order valence-corrected chi connectivity index (χ4v) is 2.72. The maximum absolute atomic E-state index is 5.67. The normalized spacial score (nSPS) is 20.8. The number of rotatable bonds is 4. The van der Waals surface area contributed by atoms with E-state index in [0.717, 1.165) is 13.1 Å². The van der Waals surface area contributed by atoms with Gasteiger partial charge in [-0.15, -0.1) is 10.2 Å². The monoisotopic (exact) mass is 261 g/mol. The lowest BCUT2D eigenvalue weighted by atomic mass is 10.0. The Balaban J connectivity index is 1.69. The molecule has 0 radical (unpaired) electrons. The third kappa shape index (κ3) is 2.71. The molecule has 0 aromatic carbocycles. The maximum atomic E-state index is 5.67. The van der Waals surface area contributed by atoms with Crippen molar-refractivity contribution in [2.75, 3.05) is 6.54 Å². The summed E-state index contributed by atoms with van der Waals surface area (Å²) in [5.41, 5.74) is 0. The van der Waals surface area contributed by atoms with E-state index in [1.165, 1.54) is 25.7 Å². The molecule has 0 unspecified atom stereocenters. The molecule has 1 saturated heterocycles. The molecule has 2 aromatic heterocycles. The van der Waals surface area contributed by atoms with Crippen LogP contribution in [0.2, 0.25) is 0 Å². The zero-order valence-electron chi connectivity index (χ0n) is 11.2. The van der Waals surface area contributed by atoms with E-state index in [-0.39, 0.29) is 0 Å². The number of aromatic nitrogens is 2. The van der Waals surface area contributed by atoms with E-state index in [2.05, 4.69) is 22.0 Å². The smallest absolute Gasteiger partial charge is 0.283 e. The molecule has 0 amide bonds. The van der Waals surface area contributed by atoms with Crippen molar-refractivity contribution in [3.8, 4) is 11.7 Å². The average Bonchev–Trinajstić information content (AvgIpc) is 3.09. The van der Waals surface area contributed by atoms with Gasteiger partial charge < -0.3 is 8.83 Å². The second-order valence-corrected chi connectivity index (χ2v) is 5.01. The Labute approximate surface area is 112 Å². The van der Waals surface area contributed by atoms with E-state index in [9.17, 15) is 0 Å². The van der Waals surface area contributed by atoms with Gasteiger partial charge in [0.25, 0.3) is 5.89 Å². The van der Waals surface area contributed by atoms with E-state index in [4.69, 9.17) is 8.83 Å². The predicted octanol–water partition coefficient (Wildman–Crippen LogP) is 3.09. The van der Waals surface area contributed by atoms with Gasteiger partial charge in [-0.25, -0.2) is 0 Å². The second kappa shape index (κ2) is 5.57. The molecular weight excluding hydrogens is 242 g/mol. The van der Waals surface area contributed by atoms with Crippen LogP contribution in [-0.2, 0) is 6.54 Å². The highest BCUT2D eigenvalue weighted by atomic mass is 16.4. The molecule has 0 saturated carbocycles. The summed E-state index contributed by atoms with van der Waals surface area (Å²) in [5.74, 6) is 1.77. The standard InChI is InChI=1S/C14H19N3O2/c1-2-11-6-3-4-8-17(11)10-13-15-16-14(19-13)12-7-5-9-18-12/h5,7,9,11H,2-4,6,8,10H2,1H3/t11-/m0/s1. The van der Waals surface area contributed by atoms with Crippen LogP contribution in [-0.4, -0.2) is 27.7 Å². The van der Waals surface area contributed by atoms with Crippen molar-refractivity contribution in [1.29, 1.82) is 0 Å². The highest BCUT2D eigenvalue weighted by molar-refractivity contribution is 5.42. The van der Waals surface area contributed by atoms with Gasteiger partial charge in [0.15, 0.2) is 5.76 Å². The van der Waals surface area contributed by atoms with Gasteiger partial charge in [0.2, 0.25) is 5.89 Å². The van der Waals surface area contributed by atoms with Crippen LogP contribution in [0, 0.1) is 0 Å². The van der Waals surface area contributed by atoms with Gasteiger partial charge in [-0.05, 0) is 37.9 Å². The third-order valence-electron chi connectivity index (χ3n) is 3.76. The number of nitrogens with zero attached hydrogens (tertiary/aromatic N) is 3. The number of hydrogen-bond donors (Lipinski definition) is 0. The van der Waals surface area contributed by atoms with E-state index in [1.54, 1.807) is 6.26 Å². The molecule has 1 atom stereocenters. The zero-order chi connectivity index (χ0) is 13.1. The Morgan fingerprint density at radius 2 is 2.32 bits per heavy atom. The quantitative estimate of drug-likeness (QED) is 0.846. The summed E-state index contributed by atoms with van der Waals surface area (Å²) < 4.78 is 10.9. The van der Waals surface area contributed by atoms with Crippen molar-refractivity contribution in [1.82, 2.24) is 15.1 Å². The van der Waals surface area contributed by atoms with Gasteiger partial charge in [-0.3, -0.25) is 4.90 Å². The summed E-state index contributed by atoms with van der Waals surface area (Å²) >= 11 is 0. The Hall–Kier alpha value is -1.62. The van der Waals surface area contributed by atoms with E-state index < -0.39 is 0 Å². The van der Waals surface area contributed by atoms with Crippen molar-refractivity contribution in [3.05, 3.63) is 24.3 Å². The lowest BCUT2D eigenvalue weighted by Gasteiger charge is -2.33. The fourth-order valence-electron chi connectivity index (χ4n) is 2.72. The number of likely N-dealkylation sites (tertiary alicyclic amines) is 1. The van der Waals surface area contributed by atoms with Crippen LogP contribution in [0.25, 0.3) is 11.7 Å². The minimum absolute atomic E-state index is 0.463. The van der Waals surface area contributed by atoms with E-state index in [1.807, 2.05) is 12.1 Å². The minimum atomic E-state index is 0.463. The van der Waals surface area contributed by atoms with Crippen molar-refractivity contribution in [2.24, 2.45) is 0 Å². The summed E-state index contributed by atoms with van der Waals surface area (Å²) in [5, 5.41) is 8.15. The SMILES string of the molecule is CC[C@H]1CCCCN1Cc1nnc(-c2ccco2)o1. The number of piperidine rings is 1. The maximum Gasteiger partial charge on any atom is 0.283 e. The molecule has 0 N–H and O–H groups in total. The topological polar surface area (TPSA) is 55.3 Å². The summed E-state index contributed by atoms with van der Waals surface area (Å²) in [4.78, 5) is 2.45. The van der Waals surface area contributed by atoms with Gasteiger partial charge in [-0.1, -0.05) is 13.3 Å². The van der Waals surface area contributed by atoms with Crippen molar-refractivity contribution in [2.45, 2.75) is 45.2 Å². The molecule has 102 valence electrons. The van der Waals surface area contributed by atoms with Gasteiger partial charge in [-0.2, -0.15) is 0 Å². The first-order valence-corrected chi connectivity index (χ1v) is 6.97. The summed E-state index contributed by atoms with van der Waals surface area (Å²) in [6, 6.07) is 4.29. The average molecular weight is 261 g/mol. The van der Waals surface area contributed by atoms with Crippen LogP contribution in [0.3, 0.4) is 0 Å². The van der Waals surface area contributed by atoms with Crippen LogP contribution in [0.1, 0.15) is 38.5 Å². The first-order valence-electron chi connectivity index (χ1n) is 6.97. The van der Waals surface area contributed by atoms with Gasteiger partial charge in [0.05, 0.1) is 12.8 Å². The van der Waals surface area contributed by atoms with Crippen LogP contribution in [0.15, 0.2) is 27.2 Å². The summed E-state index contributed by atoms with van der Waals surface area (Å²) in [6.07, 6.45) is 6.65. The largest absolute Gasteiger partial charge is 0.459 e. The van der Waals surface area contributed by atoms with Crippen molar-refractivity contribution in [3.63, 3.8) is 0 Å². The molecule has 3 heterocycles. The first-order chi connectivity index (χ1) is 9.36. The molecule has 0 bridgehead atoms. The molecule has 3 rings (SSSR count). The Morgan fingerprint density at radius 1 is 1.37 bits per heavy atom. The highest BCUT2D eigenvalue weighted by Gasteiger charge is 2.23. The third-order valence-corrected chi connectivity index (χ3v) is 3.76. The molecule has 1 aliphatic heterocycles. The molecule has 1 aliphatic rings. The number of furan rings is 1. The van der Waals surface area contributed by atoms with Crippen molar-refractivity contribution < 1.29 is 8.83 Å². The summed E-state index contributed by atoms with van der Waals surface area (Å²) in [6.45, 7) is 4.11. The molecule has 19 heavy (non-hydrogen) atoms. The Morgan fingerprint density at radius 3 is 3.11 bits per heavy atom. The molecule has 0 aliphatic carbocycles. The molecule has 1 fully saturated rings. The van der Waals surface area contributed by atoms with Crippen LogP contribution < -0.4 is 0 Å². The molecule has 0 spiro atoms. The highest BCUT2D eigenvalue weighted by Crippen LogP contribution is 2.23. The van der Waals surface area contributed by atoms with Gasteiger partial charge in [0.1, 0.15) is 0 Å². The van der Waals surface area contributed by atoms with Crippen LogP contribution in [0.5, 0.6) is 0 Å². The van der Waals surface area contributed by atoms with Gasteiger partial charge >= 0.3 is 0 Å². The molecular formula is C14H19N3O2. The lowest BCUT2D eigenvalue weighted by molar-refractivity contribution is 0.124. The van der Waals surface area contributed by atoms with Crippen LogP contribution in [0.4, 0.5) is 0 Å². The molecule has 2 aromatic rings. The van der Waals surface area contributed by atoms with E-state index in [0.29, 0.717) is 23.6 Å². The Kier molecular flexibility index (Phi) is 3.64. The predicted molar refractivity (Wildman–Crippen MR) is 70.3 cm³/mol. The first kappa shape index (κ1) is 12.4. The van der Waals surface area contributed by atoms with Gasteiger partial charge in [0, 0.05) is 6.04 Å². The minimum Gasteiger partial charge on any atom is -0.459 e. The lowest BCUT2D eigenvalue weighted by Crippen LogP contribution is -2.38. The van der Waals surface area contributed by atoms with Crippen LogP contribution >= 0.6 is 0 Å².